The summed E-state index contributed by atoms with van der Waals surface area (Å²) in [6.45, 7) is 1.14. The zero-order valence-corrected chi connectivity index (χ0v) is 14.1. The summed E-state index contributed by atoms with van der Waals surface area (Å²) in [6.07, 6.45) is 3.47. The monoisotopic (exact) mass is 344 g/mol. The molecule has 126 valence electrons. The molecule has 2 aromatic carbocycles. The van der Waals surface area contributed by atoms with Gasteiger partial charge in [0.1, 0.15) is 16.4 Å². The summed E-state index contributed by atoms with van der Waals surface area (Å²) >= 11 is 0. The maximum Gasteiger partial charge on any atom is 0.242 e. The first-order valence-electron chi connectivity index (χ1n) is 8.27. The number of hydrogen-bond acceptors (Lipinski definition) is 4. The van der Waals surface area contributed by atoms with Crippen LogP contribution in [0, 0.1) is 0 Å². The fraction of sp³-hybridized carbons (Fsp3) is 0.333. The minimum absolute atomic E-state index is 0.306. The SMILES string of the molecule is O=S1(=O)NCCN(C2CCC2)c2ccc(Oc3ccccc3)cc21. The lowest BCUT2D eigenvalue weighted by Gasteiger charge is -2.39. The third-order valence-corrected chi connectivity index (χ3v) is 6.16. The Morgan fingerprint density at radius 2 is 1.83 bits per heavy atom. The number of para-hydroxylation sites is 1. The molecular weight excluding hydrogens is 324 g/mol. The van der Waals surface area contributed by atoms with Crippen molar-refractivity contribution in [1.82, 2.24) is 4.72 Å². The Bertz CT molecular complexity index is 833. The van der Waals surface area contributed by atoms with Crippen LogP contribution in [0.1, 0.15) is 19.3 Å². The molecule has 1 fully saturated rings. The van der Waals surface area contributed by atoms with Crippen molar-refractivity contribution in [3.05, 3.63) is 48.5 Å². The molecule has 0 bridgehead atoms. The first-order chi connectivity index (χ1) is 11.6. The van der Waals surface area contributed by atoms with E-state index in [1.165, 1.54) is 6.42 Å². The van der Waals surface area contributed by atoms with Gasteiger partial charge in [-0.05, 0) is 43.5 Å². The maximum atomic E-state index is 12.6. The van der Waals surface area contributed by atoms with Crippen molar-refractivity contribution in [2.75, 3.05) is 18.0 Å². The first-order valence-corrected chi connectivity index (χ1v) is 9.75. The number of sulfonamides is 1. The van der Waals surface area contributed by atoms with Gasteiger partial charge in [0.05, 0.1) is 5.69 Å². The fourth-order valence-corrected chi connectivity index (χ4v) is 4.46. The molecular formula is C18H20N2O3S. The average molecular weight is 344 g/mol. The Kier molecular flexibility index (Phi) is 3.94. The molecule has 1 N–H and O–H groups in total. The molecule has 0 aromatic heterocycles. The van der Waals surface area contributed by atoms with Gasteiger partial charge in [-0.25, -0.2) is 13.1 Å². The molecule has 5 nitrogen and oxygen atoms in total. The highest BCUT2D eigenvalue weighted by Crippen LogP contribution is 2.37. The van der Waals surface area contributed by atoms with Crippen LogP contribution in [0.2, 0.25) is 0 Å². The van der Waals surface area contributed by atoms with E-state index in [0.717, 1.165) is 18.5 Å². The molecule has 0 spiro atoms. The van der Waals surface area contributed by atoms with E-state index >= 15 is 0 Å². The van der Waals surface area contributed by atoms with E-state index in [2.05, 4.69) is 9.62 Å². The van der Waals surface area contributed by atoms with Crippen molar-refractivity contribution in [2.24, 2.45) is 0 Å². The minimum Gasteiger partial charge on any atom is -0.457 e. The van der Waals surface area contributed by atoms with Crippen LogP contribution in [0.4, 0.5) is 5.69 Å². The van der Waals surface area contributed by atoms with E-state index in [-0.39, 0.29) is 0 Å². The Labute approximate surface area is 142 Å². The molecule has 0 unspecified atom stereocenters. The number of ether oxygens (including phenoxy) is 1. The number of fused-ring (bicyclic) bond motifs is 1. The van der Waals surface area contributed by atoms with Gasteiger partial charge < -0.3 is 9.64 Å². The quantitative estimate of drug-likeness (QED) is 0.929. The molecule has 1 aliphatic carbocycles. The van der Waals surface area contributed by atoms with Crippen molar-refractivity contribution >= 4 is 15.7 Å². The van der Waals surface area contributed by atoms with Gasteiger partial charge in [-0.1, -0.05) is 18.2 Å². The van der Waals surface area contributed by atoms with Gasteiger partial charge >= 0.3 is 0 Å². The Morgan fingerprint density at radius 3 is 2.54 bits per heavy atom. The highest BCUT2D eigenvalue weighted by atomic mass is 32.2. The summed E-state index contributed by atoms with van der Waals surface area (Å²) in [4.78, 5) is 2.53. The molecule has 1 saturated carbocycles. The Morgan fingerprint density at radius 1 is 1.04 bits per heavy atom. The van der Waals surface area contributed by atoms with Crippen LogP contribution >= 0.6 is 0 Å². The van der Waals surface area contributed by atoms with Gasteiger partial charge in [0.25, 0.3) is 0 Å². The molecule has 24 heavy (non-hydrogen) atoms. The van der Waals surface area contributed by atoms with Gasteiger partial charge in [0, 0.05) is 25.2 Å². The molecule has 0 saturated heterocycles. The highest BCUT2D eigenvalue weighted by molar-refractivity contribution is 7.89. The minimum atomic E-state index is -3.52. The predicted molar refractivity (Wildman–Crippen MR) is 93.1 cm³/mol. The van der Waals surface area contributed by atoms with Crippen LogP contribution in [-0.2, 0) is 10.0 Å². The number of nitrogens with one attached hydrogen (secondary N) is 1. The van der Waals surface area contributed by atoms with Crippen molar-refractivity contribution in [2.45, 2.75) is 30.2 Å². The fourth-order valence-electron chi connectivity index (χ4n) is 3.21. The summed E-state index contributed by atoms with van der Waals surface area (Å²) < 4.78 is 33.6. The van der Waals surface area contributed by atoms with E-state index in [4.69, 9.17) is 4.74 Å². The lowest BCUT2D eigenvalue weighted by molar-refractivity contribution is 0.386. The normalized spacial score (nSPS) is 19.9. The summed E-state index contributed by atoms with van der Waals surface area (Å²) in [5.74, 6) is 1.22. The first kappa shape index (κ1) is 15.5. The maximum absolute atomic E-state index is 12.6. The molecule has 0 radical (unpaired) electrons. The van der Waals surface area contributed by atoms with Crippen LogP contribution in [-0.4, -0.2) is 27.5 Å². The summed E-state index contributed by atoms with van der Waals surface area (Å²) in [5, 5.41) is 0. The number of rotatable bonds is 3. The van der Waals surface area contributed by atoms with Crippen LogP contribution in [0.3, 0.4) is 0 Å². The van der Waals surface area contributed by atoms with E-state index < -0.39 is 10.0 Å². The van der Waals surface area contributed by atoms with Crippen LogP contribution in [0.15, 0.2) is 53.4 Å². The van der Waals surface area contributed by atoms with E-state index in [9.17, 15) is 8.42 Å². The smallest absolute Gasteiger partial charge is 0.242 e. The predicted octanol–water partition coefficient (Wildman–Crippen LogP) is 3.13. The third kappa shape index (κ3) is 2.87. The largest absolute Gasteiger partial charge is 0.457 e. The van der Waals surface area contributed by atoms with Crippen molar-refractivity contribution in [1.29, 1.82) is 0 Å². The molecule has 2 aliphatic rings. The van der Waals surface area contributed by atoms with Gasteiger partial charge in [-0.15, -0.1) is 0 Å². The van der Waals surface area contributed by atoms with Crippen LogP contribution in [0.25, 0.3) is 0 Å². The lowest BCUT2D eigenvalue weighted by Crippen LogP contribution is -2.42. The second kappa shape index (κ2) is 6.11. The second-order valence-electron chi connectivity index (χ2n) is 6.22. The Balaban J connectivity index is 1.73. The van der Waals surface area contributed by atoms with Gasteiger partial charge in [0.15, 0.2) is 0 Å². The topological polar surface area (TPSA) is 58.6 Å². The number of nitrogens with zero attached hydrogens (tertiary/aromatic N) is 1. The van der Waals surface area contributed by atoms with Gasteiger partial charge in [-0.3, -0.25) is 0 Å². The molecule has 1 heterocycles. The second-order valence-corrected chi connectivity index (χ2v) is 7.96. The molecule has 6 heteroatoms. The van der Waals surface area contributed by atoms with Crippen molar-refractivity contribution < 1.29 is 13.2 Å². The summed E-state index contributed by atoms with van der Waals surface area (Å²) in [5.41, 5.74) is 0.783. The summed E-state index contributed by atoms with van der Waals surface area (Å²) in [7, 11) is -3.52. The van der Waals surface area contributed by atoms with Crippen LogP contribution < -0.4 is 14.4 Å². The van der Waals surface area contributed by atoms with Gasteiger partial charge in [0.2, 0.25) is 10.0 Å². The lowest BCUT2D eigenvalue weighted by atomic mass is 9.91. The van der Waals surface area contributed by atoms with Crippen molar-refractivity contribution in [3.63, 3.8) is 0 Å². The Hall–Kier alpha value is -2.05. The number of benzene rings is 2. The third-order valence-electron chi connectivity index (χ3n) is 4.67. The standard InChI is InChI=1S/C18H20N2O3S/c21-24(22)18-13-16(23-15-7-2-1-3-8-15)9-10-17(18)20(12-11-19-24)14-5-4-6-14/h1-3,7-10,13-14,19H,4-6,11-12H2. The number of anilines is 1. The molecule has 4 rings (SSSR count). The van der Waals surface area contributed by atoms with Crippen LogP contribution in [0.5, 0.6) is 11.5 Å². The highest BCUT2D eigenvalue weighted by Gasteiger charge is 2.32. The zero-order valence-electron chi connectivity index (χ0n) is 13.3. The van der Waals surface area contributed by atoms with E-state index in [1.807, 2.05) is 42.5 Å². The van der Waals surface area contributed by atoms with Gasteiger partial charge in [-0.2, -0.15) is 0 Å². The molecule has 1 aliphatic heterocycles. The van der Waals surface area contributed by atoms with E-state index in [0.29, 0.717) is 35.5 Å². The van der Waals surface area contributed by atoms with E-state index in [1.54, 1.807) is 6.07 Å². The van der Waals surface area contributed by atoms with Crippen molar-refractivity contribution in [3.8, 4) is 11.5 Å². The zero-order chi connectivity index (χ0) is 16.6. The summed E-state index contributed by atoms with van der Waals surface area (Å²) in [6, 6.07) is 15.2. The molecule has 0 atom stereocenters. The average Bonchev–Trinajstić information content (AvgIpc) is 2.64. The molecule has 0 amide bonds. The molecule has 2 aromatic rings. The number of hydrogen-bond donors (Lipinski definition) is 1.